The highest BCUT2D eigenvalue weighted by Crippen LogP contribution is 2.37. The molecule has 0 aliphatic carbocycles. The van der Waals surface area contributed by atoms with Crippen LogP contribution in [0.15, 0.2) is 47.3 Å². The monoisotopic (exact) mass is 342 g/mol. The first kappa shape index (κ1) is 17.3. The number of rotatable bonds is 3. The largest absolute Gasteiger partial charge is 0.389 e. The molecule has 0 bridgehead atoms. The molecule has 1 aromatic carbocycles. The van der Waals surface area contributed by atoms with E-state index in [1.807, 2.05) is 49.3 Å². The van der Waals surface area contributed by atoms with Crippen LogP contribution in [0.2, 0.25) is 0 Å². The zero-order valence-corrected chi connectivity index (χ0v) is 14.3. The van der Waals surface area contributed by atoms with Gasteiger partial charge in [0.1, 0.15) is 5.69 Å². The van der Waals surface area contributed by atoms with E-state index in [0.29, 0.717) is 13.0 Å². The van der Waals surface area contributed by atoms with E-state index >= 15 is 0 Å². The van der Waals surface area contributed by atoms with E-state index in [1.54, 1.807) is 4.90 Å². The molecular formula is C18H22N4O3. The zero-order valence-electron chi connectivity index (χ0n) is 14.3. The molecule has 3 rings (SSSR count). The van der Waals surface area contributed by atoms with Crippen LogP contribution < -0.4 is 5.56 Å². The molecule has 1 aliphatic heterocycles. The van der Waals surface area contributed by atoms with Crippen molar-refractivity contribution in [1.82, 2.24) is 20.0 Å². The van der Waals surface area contributed by atoms with Crippen molar-refractivity contribution in [3.8, 4) is 0 Å². The van der Waals surface area contributed by atoms with Crippen LogP contribution in [0.1, 0.15) is 22.5 Å². The fourth-order valence-electron chi connectivity index (χ4n) is 3.58. The smallest absolute Gasteiger partial charge is 0.274 e. The van der Waals surface area contributed by atoms with Gasteiger partial charge in [0.2, 0.25) is 0 Å². The second-order valence-electron chi connectivity index (χ2n) is 6.51. The maximum atomic E-state index is 12.6. The quantitative estimate of drug-likeness (QED) is 0.845. The van der Waals surface area contributed by atoms with Gasteiger partial charge >= 0.3 is 0 Å². The number of aromatic amines is 1. The Morgan fingerprint density at radius 1 is 1.28 bits per heavy atom. The molecule has 132 valence electrons. The second kappa shape index (κ2) is 6.78. The van der Waals surface area contributed by atoms with Crippen LogP contribution in [0.25, 0.3) is 0 Å². The van der Waals surface area contributed by atoms with E-state index in [4.69, 9.17) is 0 Å². The molecule has 0 saturated carbocycles. The molecule has 25 heavy (non-hydrogen) atoms. The summed E-state index contributed by atoms with van der Waals surface area (Å²) in [5.74, 6) is -0.296. The molecule has 1 fully saturated rings. The van der Waals surface area contributed by atoms with Gasteiger partial charge in [-0.3, -0.25) is 14.5 Å². The van der Waals surface area contributed by atoms with Crippen LogP contribution in [0.4, 0.5) is 0 Å². The highest BCUT2D eigenvalue weighted by atomic mass is 16.3. The summed E-state index contributed by atoms with van der Waals surface area (Å²) in [4.78, 5) is 27.3. The van der Waals surface area contributed by atoms with Crippen LogP contribution in [-0.4, -0.2) is 64.3 Å². The Kier molecular flexibility index (Phi) is 4.69. The molecule has 0 unspecified atom stereocenters. The molecule has 2 N–H and O–H groups in total. The van der Waals surface area contributed by atoms with Gasteiger partial charge in [0.15, 0.2) is 0 Å². The number of H-pyrrole nitrogens is 1. The van der Waals surface area contributed by atoms with Gasteiger partial charge < -0.3 is 10.0 Å². The van der Waals surface area contributed by atoms with Crippen molar-refractivity contribution in [2.24, 2.45) is 0 Å². The first-order valence-electron chi connectivity index (χ1n) is 8.21. The third-order valence-electron chi connectivity index (χ3n) is 4.96. The van der Waals surface area contributed by atoms with E-state index < -0.39 is 11.6 Å². The SMILES string of the molecule is CN(C)[C@]1(c2ccccc2)CCN(C(=O)c2ccc(=O)[nH]n2)C[C@H]1O. The standard InChI is InChI=1S/C18H22N4O3/c1-21(2)18(13-6-4-3-5-7-13)10-11-22(12-15(18)23)17(25)14-8-9-16(24)20-19-14/h3-9,15,23H,10-12H2,1-2H3,(H,20,24)/t15-,18+/m1/s1. The highest BCUT2D eigenvalue weighted by molar-refractivity contribution is 5.92. The van der Waals surface area contributed by atoms with Crippen LogP contribution in [0.5, 0.6) is 0 Å². The minimum Gasteiger partial charge on any atom is -0.389 e. The average molecular weight is 342 g/mol. The van der Waals surface area contributed by atoms with Crippen LogP contribution in [0, 0.1) is 0 Å². The molecule has 2 aromatic rings. The fourth-order valence-corrected chi connectivity index (χ4v) is 3.58. The summed E-state index contributed by atoms with van der Waals surface area (Å²) in [5, 5.41) is 17.0. The first-order chi connectivity index (χ1) is 11.9. The topological polar surface area (TPSA) is 89.5 Å². The maximum absolute atomic E-state index is 12.6. The van der Waals surface area contributed by atoms with Crippen molar-refractivity contribution in [2.75, 3.05) is 27.2 Å². The molecule has 0 radical (unpaired) electrons. The molecule has 1 saturated heterocycles. The van der Waals surface area contributed by atoms with Crippen molar-refractivity contribution in [3.05, 3.63) is 64.1 Å². The van der Waals surface area contributed by atoms with E-state index in [1.165, 1.54) is 12.1 Å². The number of hydrogen-bond acceptors (Lipinski definition) is 5. The van der Waals surface area contributed by atoms with Crippen LogP contribution in [0.3, 0.4) is 0 Å². The number of aliphatic hydroxyl groups is 1. The molecule has 1 aromatic heterocycles. The maximum Gasteiger partial charge on any atom is 0.274 e. The Morgan fingerprint density at radius 3 is 2.56 bits per heavy atom. The number of piperidine rings is 1. The number of nitrogens with one attached hydrogen (secondary N) is 1. The summed E-state index contributed by atoms with van der Waals surface area (Å²) in [6, 6.07) is 12.5. The summed E-state index contributed by atoms with van der Waals surface area (Å²) in [6.45, 7) is 0.691. The predicted octanol–water partition coefficient (Wildman–Crippen LogP) is 0.434. The Bertz CT molecular complexity index is 785. The molecule has 7 heteroatoms. The summed E-state index contributed by atoms with van der Waals surface area (Å²) in [6.07, 6.45) is -0.148. The van der Waals surface area contributed by atoms with Crippen LogP contribution in [-0.2, 0) is 5.54 Å². The molecule has 1 amide bonds. The van der Waals surface area contributed by atoms with E-state index in [2.05, 4.69) is 10.2 Å². The van der Waals surface area contributed by atoms with Gasteiger partial charge in [-0.05, 0) is 32.1 Å². The lowest BCUT2D eigenvalue weighted by atomic mass is 9.77. The van der Waals surface area contributed by atoms with E-state index in [0.717, 1.165) is 5.56 Å². The molecule has 2 heterocycles. The number of benzene rings is 1. The number of carbonyl (C=O) groups excluding carboxylic acids is 1. The van der Waals surface area contributed by atoms with Gasteiger partial charge in [-0.2, -0.15) is 5.10 Å². The number of β-amino-alcohol motifs (C(OH)–C–C–N with tert-alkyl or cyclic N) is 1. The van der Waals surface area contributed by atoms with Crippen molar-refractivity contribution in [2.45, 2.75) is 18.1 Å². The number of hydrogen-bond donors (Lipinski definition) is 2. The summed E-state index contributed by atoms with van der Waals surface area (Å²) >= 11 is 0. The lowest BCUT2D eigenvalue weighted by Gasteiger charge is -2.49. The lowest BCUT2D eigenvalue weighted by Crippen LogP contribution is -2.60. The number of amides is 1. The van der Waals surface area contributed by atoms with Gasteiger partial charge in [0.25, 0.3) is 11.5 Å². The Hall–Kier alpha value is -2.51. The normalized spacial score (nSPS) is 23.7. The average Bonchev–Trinajstić information content (AvgIpc) is 2.62. The van der Waals surface area contributed by atoms with Gasteiger partial charge in [-0.1, -0.05) is 30.3 Å². The van der Waals surface area contributed by atoms with Gasteiger partial charge in [-0.25, -0.2) is 5.10 Å². The summed E-state index contributed by atoms with van der Waals surface area (Å²) in [5.41, 5.74) is 0.299. The number of likely N-dealkylation sites (tertiary alicyclic amines) is 1. The number of aromatic nitrogens is 2. The van der Waals surface area contributed by atoms with Gasteiger partial charge in [0, 0.05) is 19.2 Å². The Morgan fingerprint density at radius 2 is 2.00 bits per heavy atom. The molecule has 7 nitrogen and oxygen atoms in total. The Balaban J connectivity index is 1.85. The third-order valence-corrected chi connectivity index (χ3v) is 4.96. The van der Waals surface area contributed by atoms with Crippen molar-refractivity contribution < 1.29 is 9.90 Å². The molecule has 1 aliphatic rings. The number of carbonyl (C=O) groups is 1. The van der Waals surface area contributed by atoms with Gasteiger partial charge in [-0.15, -0.1) is 0 Å². The third kappa shape index (κ3) is 3.08. The van der Waals surface area contributed by atoms with Crippen molar-refractivity contribution in [3.63, 3.8) is 0 Å². The number of nitrogens with zero attached hydrogens (tertiary/aromatic N) is 3. The van der Waals surface area contributed by atoms with Gasteiger partial charge in [0.05, 0.1) is 11.6 Å². The summed E-state index contributed by atoms with van der Waals surface area (Å²) in [7, 11) is 3.88. The number of likely N-dealkylation sites (N-methyl/N-ethyl adjacent to an activating group) is 1. The number of aliphatic hydroxyl groups excluding tert-OH is 1. The van der Waals surface area contributed by atoms with Crippen molar-refractivity contribution in [1.29, 1.82) is 0 Å². The first-order valence-corrected chi connectivity index (χ1v) is 8.21. The zero-order chi connectivity index (χ0) is 18.0. The lowest BCUT2D eigenvalue weighted by molar-refractivity contribution is -0.0613. The minimum absolute atomic E-state index is 0.170. The highest BCUT2D eigenvalue weighted by Gasteiger charge is 2.46. The molecular weight excluding hydrogens is 320 g/mol. The second-order valence-corrected chi connectivity index (χ2v) is 6.51. The predicted molar refractivity (Wildman–Crippen MR) is 93.2 cm³/mol. The van der Waals surface area contributed by atoms with Crippen LogP contribution >= 0.6 is 0 Å². The minimum atomic E-state index is -0.745. The van der Waals surface area contributed by atoms with E-state index in [9.17, 15) is 14.7 Å². The Labute approximate surface area is 145 Å². The molecule has 2 atom stereocenters. The summed E-state index contributed by atoms with van der Waals surface area (Å²) < 4.78 is 0. The molecule has 0 spiro atoms. The van der Waals surface area contributed by atoms with Crippen molar-refractivity contribution >= 4 is 5.91 Å². The van der Waals surface area contributed by atoms with E-state index in [-0.39, 0.29) is 23.7 Å². The fraction of sp³-hybridized carbons (Fsp3) is 0.389.